The molecule has 2 atom stereocenters. The Morgan fingerprint density at radius 1 is 1.38 bits per heavy atom. The second-order valence-corrected chi connectivity index (χ2v) is 8.53. The van der Waals surface area contributed by atoms with Crippen molar-refractivity contribution in [2.75, 3.05) is 32.4 Å². The average molecular weight is 375 g/mol. The highest BCUT2D eigenvalue weighted by atomic mass is 32.1. The summed E-state index contributed by atoms with van der Waals surface area (Å²) in [5, 5.41) is 0.599. The number of likely N-dealkylation sites (tertiary alicyclic amines) is 1. The number of amides is 1. The van der Waals surface area contributed by atoms with E-state index in [1.54, 1.807) is 0 Å². The van der Waals surface area contributed by atoms with Crippen LogP contribution in [0.2, 0.25) is 0 Å². The summed E-state index contributed by atoms with van der Waals surface area (Å²) >= 11 is 1.51. The first-order chi connectivity index (χ1) is 12.5. The zero-order chi connectivity index (χ0) is 18.4. The molecule has 2 aliphatic heterocycles. The lowest BCUT2D eigenvalue weighted by atomic mass is 9.90. The van der Waals surface area contributed by atoms with Crippen LogP contribution in [-0.4, -0.2) is 57.3 Å². The molecule has 0 aliphatic carbocycles. The van der Waals surface area contributed by atoms with Crippen LogP contribution in [0.3, 0.4) is 0 Å². The summed E-state index contributed by atoms with van der Waals surface area (Å²) < 4.78 is 0. The van der Waals surface area contributed by atoms with Gasteiger partial charge in [0.1, 0.15) is 5.82 Å². The molecule has 0 bridgehead atoms. The standard InChI is InChI=1S/C18H26N6OS/c1-4-15-20-10(2)16(22-15)11-7-23(3)8-12(11)17(25)24-6-5-13-14(9-24)26-18(19)21-13/h11-12H,4-9H2,1-3H3,(H2,19,21)(H,20,22)/t11-,12-/m0/s1. The third kappa shape index (κ3) is 3.01. The number of likely N-dealkylation sites (N-methyl/N-ethyl adjacent to an activating group) is 1. The number of H-pyrrole nitrogens is 1. The largest absolute Gasteiger partial charge is 0.375 e. The van der Waals surface area contributed by atoms with Crippen molar-refractivity contribution in [1.82, 2.24) is 24.8 Å². The summed E-state index contributed by atoms with van der Waals surface area (Å²) in [6.45, 7) is 7.17. The fraction of sp³-hybridized carbons (Fsp3) is 0.611. The molecule has 1 amide bonds. The van der Waals surface area contributed by atoms with Crippen molar-refractivity contribution in [3.8, 4) is 0 Å². The predicted molar refractivity (Wildman–Crippen MR) is 102 cm³/mol. The number of nitrogens with two attached hydrogens (primary N) is 1. The van der Waals surface area contributed by atoms with Crippen molar-refractivity contribution >= 4 is 22.4 Å². The zero-order valence-corrected chi connectivity index (χ0v) is 16.4. The van der Waals surface area contributed by atoms with E-state index in [4.69, 9.17) is 10.7 Å². The molecule has 7 nitrogen and oxygen atoms in total. The van der Waals surface area contributed by atoms with Crippen LogP contribution in [0.15, 0.2) is 0 Å². The van der Waals surface area contributed by atoms with Gasteiger partial charge in [-0.25, -0.2) is 9.97 Å². The SMILES string of the molecule is CCc1nc([C@H]2CN(C)C[C@@H]2C(=O)N2CCc3nc(N)sc3C2)c(C)[nH]1. The van der Waals surface area contributed by atoms with Gasteiger partial charge in [-0.15, -0.1) is 11.3 Å². The van der Waals surface area contributed by atoms with E-state index in [0.717, 1.165) is 60.3 Å². The van der Waals surface area contributed by atoms with Gasteiger partial charge in [-0.1, -0.05) is 6.92 Å². The molecule has 26 heavy (non-hydrogen) atoms. The molecule has 8 heteroatoms. The lowest BCUT2D eigenvalue weighted by molar-refractivity contribution is -0.136. The predicted octanol–water partition coefficient (Wildman–Crippen LogP) is 1.55. The number of nitrogens with one attached hydrogen (secondary N) is 1. The number of carbonyl (C=O) groups is 1. The maximum atomic E-state index is 13.3. The van der Waals surface area contributed by atoms with Crippen LogP contribution in [0.25, 0.3) is 0 Å². The van der Waals surface area contributed by atoms with Crippen molar-refractivity contribution in [3.63, 3.8) is 0 Å². The minimum atomic E-state index is -0.0430. The average Bonchev–Trinajstić information content (AvgIpc) is 3.28. The normalized spacial score (nSPS) is 23.4. The first-order valence-electron chi connectivity index (χ1n) is 9.23. The fourth-order valence-electron chi connectivity index (χ4n) is 4.23. The Kier molecular flexibility index (Phi) is 4.48. The quantitative estimate of drug-likeness (QED) is 0.851. The Morgan fingerprint density at radius 3 is 2.92 bits per heavy atom. The highest BCUT2D eigenvalue weighted by molar-refractivity contribution is 7.15. The molecular formula is C18H26N6OS. The van der Waals surface area contributed by atoms with E-state index in [0.29, 0.717) is 11.7 Å². The van der Waals surface area contributed by atoms with E-state index in [2.05, 4.69) is 35.8 Å². The van der Waals surface area contributed by atoms with Crippen LogP contribution in [-0.2, 0) is 24.2 Å². The van der Waals surface area contributed by atoms with Crippen LogP contribution < -0.4 is 5.73 Å². The number of nitrogens with zero attached hydrogens (tertiary/aromatic N) is 4. The van der Waals surface area contributed by atoms with Gasteiger partial charge >= 0.3 is 0 Å². The van der Waals surface area contributed by atoms with E-state index in [1.165, 1.54) is 11.3 Å². The van der Waals surface area contributed by atoms with Crippen LogP contribution >= 0.6 is 11.3 Å². The number of rotatable bonds is 3. The molecule has 0 saturated carbocycles. The number of hydrogen-bond donors (Lipinski definition) is 2. The van der Waals surface area contributed by atoms with Crippen LogP contribution in [0, 0.1) is 12.8 Å². The molecule has 3 N–H and O–H groups in total. The molecule has 2 aliphatic rings. The van der Waals surface area contributed by atoms with Crippen molar-refractivity contribution in [2.45, 2.75) is 39.2 Å². The summed E-state index contributed by atoms with van der Waals surface area (Å²) in [4.78, 5) is 31.2. The Labute approximate surface area is 157 Å². The summed E-state index contributed by atoms with van der Waals surface area (Å²) in [6, 6.07) is 0. The molecule has 0 aromatic carbocycles. The van der Waals surface area contributed by atoms with Gasteiger partial charge < -0.3 is 20.5 Å². The van der Waals surface area contributed by atoms with Crippen molar-refractivity contribution in [3.05, 3.63) is 27.8 Å². The summed E-state index contributed by atoms with van der Waals surface area (Å²) in [5.41, 5.74) is 9.05. The number of anilines is 1. The van der Waals surface area contributed by atoms with Crippen LogP contribution in [0.5, 0.6) is 0 Å². The lowest BCUT2D eigenvalue weighted by Gasteiger charge is -2.30. The fourth-order valence-corrected chi connectivity index (χ4v) is 5.13. The molecule has 2 aromatic heterocycles. The minimum absolute atomic E-state index is 0.0430. The van der Waals surface area contributed by atoms with E-state index in [1.807, 2.05) is 4.90 Å². The third-order valence-electron chi connectivity index (χ3n) is 5.54. The number of fused-ring (bicyclic) bond motifs is 1. The lowest BCUT2D eigenvalue weighted by Crippen LogP contribution is -2.41. The van der Waals surface area contributed by atoms with E-state index >= 15 is 0 Å². The molecular weight excluding hydrogens is 348 g/mol. The molecule has 0 radical (unpaired) electrons. The van der Waals surface area contributed by atoms with Gasteiger partial charge in [0.15, 0.2) is 5.13 Å². The first-order valence-corrected chi connectivity index (χ1v) is 10.0. The highest BCUT2D eigenvalue weighted by Gasteiger charge is 2.41. The maximum Gasteiger partial charge on any atom is 0.228 e. The second kappa shape index (κ2) is 6.66. The van der Waals surface area contributed by atoms with Gasteiger partial charge in [0.05, 0.1) is 23.9 Å². The number of aromatic amines is 1. The number of imidazole rings is 1. The van der Waals surface area contributed by atoms with Gasteiger partial charge in [-0.3, -0.25) is 4.79 Å². The molecule has 1 fully saturated rings. The van der Waals surface area contributed by atoms with Gasteiger partial charge in [-0.05, 0) is 14.0 Å². The molecule has 0 unspecified atom stereocenters. The van der Waals surface area contributed by atoms with E-state index in [-0.39, 0.29) is 17.7 Å². The summed E-state index contributed by atoms with van der Waals surface area (Å²) in [7, 11) is 2.08. The molecule has 1 saturated heterocycles. The topological polar surface area (TPSA) is 91.1 Å². The minimum Gasteiger partial charge on any atom is -0.375 e. The zero-order valence-electron chi connectivity index (χ0n) is 15.6. The Morgan fingerprint density at radius 2 is 2.19 bits per heavy atom. The number of hydrogen-bond acceptors (Lipinski definition) is 6. The monoisotopic (exact) mass is 374 g/mol. The van der Waals surface area contributed by atoms with Gasteiger partial charge in [-0.2, -0.15) is 0 Å². The molecule has 2 aromatic rings. The van der Waals surface area contributed by atoms with Gasteiger partial charge in [0.2, 0.25) is 5.91 Å². The Bertz CT molecular complexity index is 828. The molecule has 0 spiro atoms. The summed E-state index contributed by atoms with van der Waals surface area (Å²) in [5.74, 6) is 1.34. The number of thiazole rings is 1. The second-order valence-electron chi connectivity index (χ2n) is 7.41. The summed E-state index contributed by atoms with van der Waals surface area (Å²) in [6.07, 6.45) is 1.67. The number of aromatic nitrogens is 3. The Balaban J connectivity index is 1.57. The smallest absolute Gasteiger partial charge is 0.228 e. The Hall–Kier alpha value is -1.93. The van der Waals surface area contributed by atoms with Gasteiger partial charge in [0, 0.05) is 49.0 Å². The first kappa shape index (κ1) is 17.5. The van der Waals surface area contributed by atoms with Crippen molar-refractivity contribution in [1.29, 1.82) is 0 Å². The van der Waals surface area contributed by atoms with E-state index < -0.39 is 0 Å². The maximum absolute atomic E-state index is 13.3. The van der Waals surface area contributed by atoms with Crippen molar-refractivity contribution in [2.24, 2.45) is 5.92 Å². The molecule has 4 heterocycles. The van der Waals surface area contributed by atoms with E-state index in [9.17, 15) is 4.79 Å². The molecule has 140 valence electrons. The highest BCUT2D eigenvalue weighted by Crippen LogP contribution is 2.35. The molecule has 4 rings (SSSR count). The number of aryl methyl sites for hydroxylation is 2. The third-order valence-corrected chi connectivity index (χ3v) is 6.45. The van der Waals surface area contributed by atoms with Crippen LogP contribution in [0.4, 0.5) is 5.13 Å². The van der Waals surface area contributed by atoms with Gasteiger partial charge in [0.25, 0.3) is 0 Å². The number of carbonyl (C=O) groups excluding carboxylic acids is 1. The van der Waals surface area contributed by atoms with Crippen LogP contribution in [0.1, 0.15) is 40.6 Å². The van der Waals surface area contributed by atoms with Crippen molar-refractivity contribution < 1.29 is 4.79 Å². The number of nitrogen functional groups attached to an aromatic ring is 1.